The highest BCUT2D eigenvalue weighted by Crippen LogP contribution is 2.19. The molecule has 2 rings (SSSR count). The number of aromatic amines is 1. The predicted molar refractivity (Wildman–Crippen MR) is 76.9 cm³/mol. The topological polar surface area (TPSA) is 108 Å². The molecule has 1 aromatic rings. The van der Waals surface area contributed by atoms with Crippen LogP contribution in [0, 0.1) is 0 Å². The number of aromatic nitrogens is 2. The summed E-state index contributed by atoms with van der Waals surface area (Å²) in [6.45, 7) is 6.68. The molecule has 0 fully saturated rings. The summed E-state index contributed by atoms with van der Waals surface area (Å²) in [7, 11) is 0. The summed E-state index contributed by atoms with van der Waals surface area (Å²) >= 11 is 0. The molecule has 0 radical (unpaired) electrons. The predicted octanol–water partition coefficient (Wildman–Crippen LogP) is 0.519. The number of carbonyl (C=O) groups is 2. The summed E-state index contributed by atoms with van der Waals surface area (Å²) in [5.41, 5.74) is 1.41. The summed E-state index contributed by atoms with van der Waals surface area (Å²) in [4.78, 5) is 23.3. The minimum atomic E-state index is -0.622. The van der Waals surface area contributed by atoms with Crippen LogP contribution in [0.4, 0.5) is 10.6 Å². The van der Waals surface area contributed by atoms with Crippen LogP contribution in [0.15, 0.2) is 0 Å². The van der Waals surface area contributed by atoms with Crippen molar-refractivity contribution in [2.24, 2.45) is 0 Å². The summed E-state index contributed by atoms with van der Waals surface area (Å²) in [6.07, 6.45) is 0.234. The van der Waals surface area contributed by atoms with Crippen LogP contribution >= 0.6 is 0 Å². The molecule has 0 aliphatic carbocycles. The van der Waals surface area contributed by atoms with E-state index < -0.39 is 11.7 Å². The summed E-state index contributed by atoms with van der Waals surface area (Å²) in [6, 6.07) is 0. The molecule has 116 valence electrons. The quantitative estimate of drug-likeness (QED) is 0.650. The van der Waals surface area contributed by atoms with Crippen LogP contribution in [0.25, 0.3) is 0 Å². The SMILES string of the molecule is CC(C)(C)OC(=O)NCC(=O)Nc1n[nH]c2c1CNCC2. The number of ether oxygens (including phenoxy) is 1. The van der Waals surface area contributed by atoms with E-state index in [9.17, 15) is 9.59 Å². The molecule has 8 nitrogen and oxygen atoms in total. The van der Waals surface area contributed by atoms with E-state index in [1.165, 1.54) is 0 Å². The lowest BCUT2D eigenvalue weighted by Crippen LogP contribution is -2.37. The second kappa shape index (κ2) is 6.13. The van der Waals surface area contributed by atoms with Crippen LogP contribution in [-0.4, -0.2) is 40.9 Å². The second-order valence-electron chi connectivity index (χ2n) is 5.86. The van der Waals surface area contributed by atoms with E-state index in [1.54, 1.807) is 20.8 Å². The van der Waals surface area contributed by atoms with Gasteiger partial charge >= 0.3 is 6.09 Å². The summed E-state index contributed by atoms with van der Waals surface area (Å²) in [5, 5.41) is 15.3. The number of fused-ring (bicyclic) bond motifs is 1. The Morgan fingerprint density at radius 1 is 1.38 bits per heavy atom. The van der Waals surface area contributed by atoms with Gasteiger partial charge in [-0.2, -0.15) is 5.10 Å². The van der Waals surface area contributed by atoms with Crippen LogP contribution in [0.2, 0.25) is 0 Å². The van der Waals surface area contributed by atoms with E-state index in [-0.39, 0.29) is 12.5 Å². The lowest BCUT2D eigenvalue weighted by molar-refractivity contribution is -0.115. The molecule has 0 spiro atoms. The van der Waals surface area contributed by atoms with E-state index in [0.29, 0.717) is 12.4 Å². The molecule has 1 aliphatic heterocycles. The maximum atomic E-state index is 11.8. The van der Waals surface area contributed by atoms with Gasteiger partial charge in [0.05, 0.1) is 0 Å². The smallest absolute Gasteiger partial charge is 0.408 e. The highest BCUT2D eigenvalue weighted by atomic mass is 16.6. The molecule has 0 bridgehead atoms. The molecule has 0 aromatic carbocycles. The first-order valence-corrected chi connectivity index (χ1v) is 6.89. The average Bonchev–Trinajstić information content (AvgIpc) is 2.78. The Bertz CT molecular complexity index is 532. The molecule has 0 saturated heterocycles. The Balaban J connectivity index is 1.82. The zero-order valence-electron chi connectivity index (χ0n) is 12.5. The van der Waals surface area contributed by atoms with Crippen molar-refractivity contribution in [3.8, 4) is 0 Å². The number of nitrogens with one attached hydrogen (secondary N) is 4. The van der Waals surface area contributed by atoms with Gasteiger partial charge in [0.15, 0.2) is 5.82 Å². The van der Waals surface area contributed by atoms with Crippen LogP contribution in [0.1, 0.15) is 32.0 Å². The van der Waals surface area contributed by atoms with Gasteiger partial charge in [-0.3, -0.25) is 9.89 Å². The third kappa shape index (κ3) is 4.45. The fraction of sp³-hybridized carbons (Fsp3) is 0.615. The normalized spacial score (nSPS) is 14.2. The van der Waals surface area contributed by atoms with Gasteiger partial charge in [-0.1, -0.05) is 0 Å². The third-order valence-electron chi connectivity index (χ3n) is 2.86. The first-order valence-electron chi connectivity index (χ1n) is 6.89. The number of amides is 2. The van der Waals surface area contributed by atoms with Gasteiger partial charge in [-0.15, -0.1) is 0 Å². The van der Waals surface area contributed by atoms with Crippen molar-refractivity contribution < 1.29 is 14.3 Å². The molecular formula is C13H21N5O3. The van der Waals surface area contributed by atoms with Crippen molar-refractivity contribution in [1.82, 2.24) is 20.8 Å². The molecule has 1 aliphatic rings. The van der Waals surface area contributed by atoms with E-state index in [1.807, 2.05) is 0 Å². The number of hydrogen-bond acceptors (Lipinski definition) is 5. The van der Waals surface area contributed by atoms with E-state index in [2.05, 4.69) is 26.1 Å². The number of hydrogen-bond donors (Lipinski definition) is 4. The highest BCUT2D eigenvalue weighted by molar-refractivity contribution is 5.93. The highest BCUT2D eigenvalue weighted by Gasteiger charge is 2.19. The van der Waals surface area contributed by atoms with E-state index >= 15 is 0 Å². The molecule has 1 aromatic heterocycles. The summed E-state index contributed by atoms with van der Waals surface area (Å²) < 4.78 is 5.05. The fourth-order valence-corrected chi connectivity index (χ4v) is 1.97. The van der Waals surface area contributed by atoms with Crippen molar-refractivity contribution in [3.63, 3.8) is 0 Å². The zero-order chi connectivity index (χ0) is 15.5. The third-order valence-corrected chi connectivity index (χ3v) is 2.86. The van der Waals surface area contributed by atoms with Gasteiger partial charge < -0.3 is 20.7 Å². The maximum Gasteiger partial charge on any atom is 0.408 e. The van der Waals surface area contributed by atoms with Gasteiger partial charge in [0.25, 0.3) is 0 Å². The van der Waals surface area contributed by atoms with Gasteiger partial charge in [0.2, 0.25) is 5.91 Å². The maximum absolute atomic E-state index is 11.8. The Labute approximate surface area is 123 Å². The largest absolute Gasteiger partial charge is 0.444 e. The zero-order valence-corrected chi connectivity index (χ0v) is 12.5. The first kappa shape index (κ1) is 15.3. The van der Waals surface area contributed by atoms with Crippen LogP contribution in [0.5, 0.6) is 0 Å². The van der Waals surface area contributed by atoms with Gasteiger partial charge in [0, 0.05) is 30.8 Å². The van der Waals surface area contributed by atoms with Crippen LogP contribution in [0.3, 0.4) is 0 Å². The number of anilines is 1. The molecular weight excluding hydrogens is 274 g/mol. The monoisotopic (exact) mass is 295 g/mol. The first-order chi connectivity index (χ1) is 9.85. The number of nitrogens with zero attached hydrogens (tertiary/aromatic N) is 1. The van der Waals surface area contributed by atoms with Crippen molar-refractivity contribution >= 4 is 17.8 Å². The number of rotatable bonds is 3. The second-order valence-corrected chi connectivity index (χ2v) is 5.86. The van der Waals surface area contributed by atoms with Crippen molar-refractivity contribution in [2.75, 3.05) is 18.4 Å². The molecule has 0 unspecified atom stereocenters. The van der Waals surface area contributed by atoms with Crippen LogP contribution in [-0.2, 0) is 22.5 Å². The average molecular weight is 295 g/mol. The fourth-order valence-electron chi connectivity index (χ4n) is 1.97. The lowest BCUT2D eigenvalue weighted by Gasteiger charge is -2.19. The molecule has 8 heteroatoms. The van der Waals surface area contributed by atoms with Crippen molar-refractivity contribution in [3.05, 3.63) is 11.3 Å². The minimum Gasteiger partial charge on any atom is -0.444 e. The lowest BCUT2D eigenvalue weighted by atomic mass is 10.1. The molecule has 4 N–H and O–H groups in total. The van der Waals surface area contributed by atoms with Crippen molar-refractivity contribution in [2.45, 2.75) is 39.3 Å². The Morgan fingerprint density at radius 3 is 2.86 bits per heavy atom. The molecule has 0 atom stereocenters. The Kier molecular flexibility index (Phi) is 4.46. The molecule has 0 saturated carbocycles. The van der Waals surface area contributed by atoms with Gasteiger partial charge in [-0.25, -0.2) is 4.79 Å². The molecule has 21 heavy (non-hydrogen) atoms. The van der Waals surface area contributed by atoms with Gasteiger partial charge in [0.1, 0.15) is 12.1 Å². The number of carbonyl (C=O) groups excluding carboxylic acids is 2. The van der Waals surface area contributed by atoms with Crippen molar-refractivity contribution in [1.29, 1.82) is 0 Å². The van der Waals surface area contributed by atoms with E-state index in [0.717, 1.165) is 24.2 Å². The van der Waals surface area contributed by atoms with Crippen LogP contribution < -0.4 is 16.0 Å². The molecule has 2 amide bonds. The summed E-state index contributed by atoms with van der Waals surface area (Å²) in [5.74, 6) is 0.161. The standard InChI is InChI=1S/C13H21N5O3/c1-13(2,3)21-12(20)15-7-10(19)16-11-8-6-14-5-4-9(8)17-18-11/h14H,4-7H2,1-3H3,(H,15,20)(H2,16,17,18,19). The number of H-pyrrole nitrogens is 1. The van der Waals surface area contributed by atoms with E-state index in [4.69, 9.17) is 4.74 Å². The Hall–Kier alpha value is -2.09. The van der Waals surface area contributed by atoms with Gasteiger partial charge in [-0.05, 0) is 20.8 Å². The minimum absolute atomic E-state index is 0.163. The number of alkyl carbamates (subject to hydrolysis) is 1. The molecule has 2 heterocycles. The Morgan fingerprint density at radius 2 is 2.14 bits per heavy atom.